The van der Waals surface area contributed by atoms with Gasteiger partial charge in [-0.15, -0.1) is 0 Å². The molecule has 6 bridgehead atoms. The van der Waals surface area contributed by atoms with Crippen LogP contribution in [0.25, 0.3) is 0 Å². The average molecular weight is 575 g/mol. The van der Waals surface area contributed by atoms with Gasteiger partial charge in [0.25, 0.3) is 0 Å². The highest BCUT2D eigenvalue weighted by Gasteiger charge is 2.61. The fourth-order valence-corrected chi connectivity index (χ4v) is 9.03. The summed E-state index contributed by atoms with van der Waals surface area (Å²) < 4.78 is 16.6. The molecule has 0 aliphatic heterocycles. The van der Waals surface area contributed by atoms with E-state index in [4.69, 9.17) is 14.2 Å². The van der Waals surface area contributed by atoms with Gasteiger partial charge in [-0.2, -0.15) is 0 Å². The lowest BCUT2D eigenvalue weighted by molar-refractivity contribution is -0.225. The number of esters is 3. The van der Waals surface area contributed by atoms with Crippen LogP contribution in [0.3, 0.4) is 0 Å². The molecule has 0 heterocycles. The van der Waals surface area contributed by atoms with Gasteiger partial charge in [0, 0.05) is 24.7 Å². The molecule has 7 unspecified atom stereocenters. The fourth-order valence-electron chi connectivity index (χ4n) is 9.03. The molecule has 0 aromatic carbocycles. The smallest absolute Gasteiger partial charge is 0.344 e. The Morgan fingerprint density at radius 3 is 2.07 bits per heavy atom. The molecule has 7 aliphatic carbocycles. The first-order chi connectivity index (χ1) is 19.1. The molecule has 0 amide bonds. The lowest BCUT2D eigenvalue weighted by Crippen LogP contribution is -2.61. The standard InChI is InChI=1S/C17H24O5.C16H26O3/c1-4-17(2,3)16(20)21-8-14(19)22-15-9-5-10-11(6-9)13(18)7-12(10)15;1-4-14(2,3)13(17)19-16-8-11-5-12(9-16)7-15(18,6-11)10-16/h9-12,15H,4-8H2,1-3H3;11-12,18H,4-10H2,1-3H3. The molecule has 0 radical (unpaired) electrons. The van der Waals surface area contributed by atoms with Crippen molar-refractivity contribution in [1.29, 1.82) is 0 Å². The maximum Gasteiger partial charge on any atom is 0.344 e. The molecule has 7 fully saturated rings. The fraction of sp³-hybridized carbons (Fsp3) is 0.879. The van der Waals surface area contributed by atoms with Crippen LogP contribution in [0.2, 0.25) is 0 Å². The van der Waals surface area contributed by atoms with E-state index in [2.05, 4.69) is 0 Å². The number of Topliss-reactive ketones (excluding diaryl/α,β-unsaturated/α-hetero) is 1. The van der Waals surface area contributed by atoms with Crippen LogP contribution in [0.1, 0.15) is 112 Å². The van der Waals surface area contributed by atoms with Crippen molar-refractivity contribution in [3.05, 3.63) is 0 Å². The Morgan fingerprint density at radius 2 is 1.49 bits per heavy atom. The van der Waals surface area contributed by atoms with Crippen LogP contribution in [-0.4, -0.2) is 52.7 Å². The van der Waals surface area contributed by atoms with E-state index in [1.807, 2.05) is 27.7 Å². The second-order valence-corrected chi connectivity index (χ2v) is 15.6. The Hall–Kier alpha value is -1.96. The second-order valence-electron chi connectivity index (χ2n) is 15.6. The molecule has 230 valence electrons. The third kappa shape index (κ3) is 5.83. The Kier molecular flexibility index (Phi) is 7.91. The minimum Gasteiger partial charge on any atom is -0.459 e. The van der Waals surface area contributed by atoms with Gasteiger partial charge in [-0.3, -0.25) is 14.4 Å². The molecular weight excluding hydrogens is 524 g/mol. The molecule has 41 heavy (non-hydrogen) atoms. The lowest BCUT2D eigenvalue weighted by atomic mass is 9.52. The van der Waals surface area contributed by atoms with Gasteiger partial charge in [0.15, 0.2) is 6.61 Å². The van der Waals surface area contributed by atoms with Crippen molar-refractivity contribution in [3.8, 4) is 0 Å². The van der Waals surface area contributed by atoms with E-state index < -0.39 is 22.4 Å². The maximum atomic E-state index is 12.4. The number of carbonyl (C=O) groups excluding carboxylic acids is 4. The maximum absolute atomic E-state index is 12.4. The number of hydrogen-bond acceptors (Lipinski definition) is 8. The highest BCUT2D eigenvalue weighted by Crippen LogP contribution is 2.60. The zero-order valence-corrected chi connectivity index (χ0v) is 25.8. The summed E-state index contributed by atoms with van der Waals surface area (Å²) >= 11 is 0. The summed E-state index contributed by atoms with van der Waals surface area (Å²) in [5.41, 5.74) is -1.91. The van der Waals surface area contributed by atoms with Crippen LogP contribution in [0, 0.1) is 46.3 Å². The van der Waals surface area contributed by atoms with E-state index in [0.717, 1.165) is 44.9 Å². The van der Waals surface area contributed by atoms with Gasteiger partial charge in [0.1, 0.15) is 17.5 Å². The Balaban J connectivity index is 0.000000166. The monoisotopic (exact) mass is 574 g/mol. The van der Waals surface area contributed by atoms with Gasteiger partial charge in [-0.05, 0) is 109 Å². The summed E-state index contributed by atoms with van der Waals surface area (Å²) in [7, 11) is 0. The van der Waals surface area contributed by atoms with Crippen LogP contribution >= 0.6 is 0 Å². The minimum atomic E-state index is -0.586. The van der Waals surface area contributed by atoms with Crippen molar-refractivity contribution in [2.24, 2.45) is 46.3 Å². The highest BCUT2D eigenvalue weighted by molar-refractivity contribution is 5.85. The molecule has 0 aromatic rings. The number of hydrogen-bond donors (Lipinski definition) is 1. The Labute approximate surface area is 244 Å². The molecule has 7 saturated carbocycles. The largest absolute Gasteiger partial charge is 0.459 e. The number of ketones is 1. The topological polar surface area (TPSA) is 116 Å². The van der Waals surface area contributed by atoms with Crippen molar-refractivity contribution in [2.75, 3.05) is 6.61 Å². The molecular formula is C33H50O8. The molecule has 8 heteroatoms. The SMILES string of the molecule is CCC(C)(C)C(=O)OC12CC3CC(CC(O)(C3)C1)C2.CCC(C)(C)C(=O)OCC(=O)OC1C2CC3C(=O)CC1C3C2. The lowest BCUT2D eigenvalue weighted by Gasteiger charge is -2.59. The summed E-state index contributed by atoms with van der Waals surface area (Å²) in [5, 5.41) is 10.6. The number of carbonyl (C=O) groups is 4. The van der Waals surface area contributed by atoms with Crippen LogP contribution in [0.5, 0.6) is 0 Å². The van der Waals surface area contributed by atoms with Gasteiger partial charge in [-0.25, -0.2) is 4.79 Å². The van der Waals surface area contributed by atoms with E-state index in [9.17, 15) is 24.3 Å². The molecule has 7 atom stereocenters. The summed E-state index contributed by atoms with van der Waals surface area (Å²) in [6.07, 6.45) is 9.36. The Bertz CT molecular complexity index is 1060. The van der Waals surface area contributed by atoms with Gasteiger partial charge >= 0.3 is 17.9 Å². The predicted molar refractivity (Wildman–Crippen MR) is 150 cm³/mol. The molecule has 8 nitrogen and oxygen atoms in total. The summed E-state index contributed by atoms with van der Waals surface area (Å²) in [6.45, 7) is 11.1. The van der Waals surface area contributed by atoms with Crippen molar-refractivity contribution in [3.63, 3.8) is 0 Å². The highest BCUT2D eigenvalue weighted by atomic mass is 16.6. The van der Waals surface area contributed by atoms with Crippen molar-refractivity contribution in [2.45, 2.75) is 129 Å². The van der Waals surface area contributed by atoms with Crippen LogP contribution in [-0.2, 0) is 33.4 Å². The van der Waals surface area contributed by atoms with E-state index in [0.29, 0.717) is 48.7 Å². The van der Waals surface area contributed by atoms with Crippen LogP contribution in [0.15, 0.2) is 0 Å². The number of rotatable bonds is 8. The third-order valence-electron chi connectivity index (χ3n) is 11.7. The molecule has 1 N–H and O–H groups in total. The van der Waals surface area contributed by atoms with Gasteiger partial charge in [-0.1, -0.05) is 13.8 Å². The molecule has 0 aromatic heterocycles. The Morgan fingerprint density at radius 1 is 0.878 bits per heavy atom. The number of aliphatic hydroxyl groups is 1. The zero-order valence-electron chi connectivity index (χ0n) is 25.8. The van der Waals surface area contributed by atoms with Crippen LogP contribution < -0.4 is 0 Å². The minimum absolute atomic E-state index is 0.0828. The number of ether oxygens (including phenoxy) is 3. The van der Waals surface area contributed by atoms with Crippen molar-refractivity contribution < 1.29 is 38.5 Å². The van der Waals surface area contributed by atoms with Crippen molar-refractivity contribution in [1.82, 2.24) is 0 Å². The third-order valence-corrected chi connectivity index (χ3v) is 11.7. The first-order valence-electron chi connectivity index (χ1n) is 15.9. The molecule has 0 spiro atoms. The van der Waals surface area contributed by atoms with Gasteiger partial charge < -0.3 is 19.3 Å². The summed E-state index contributed by atoms with van der Waals surface area (Å²) in [4.78, 5) is 48.1. The number of fused-ring (bicyclic) bond motifs is 1. The van der Waals surface area contributed by atoms with E-state index in [1.54, 1.807) is 13.8 Å². The predicted octanol–water partition coefficient (Wildman–Crippen LogP) is 5.17. The normalized spacial score (nSPS) is 39.8. The molecule has 7 aliphatic rings. The molecule has 0 saturated heterocycles. The second kappa shape index (κ2) is 10.6. The van der Waals surface area contributed by atoms with Gasteiger partial charge in [0.05, 0.1) is 16.4 Å². The van der Waals surface area contributed by atoms with Gasteiger partial charge in [0.2, 0.25) is 0 Å². The van der Waals surface area contributed by atoms with E-state index in [-0.39, 0.29) is 42.1 Å². The van der Waals surface area contributed by atoms with Crippen LogP contribution in [0.4, 0.5) is 0 Å². The average Bonchev–Trinajstić information content (AvgIpc) is 3.51. The first kappa shape index (κ1) is 30.5. The first-order valence-corrected chi connectivity index (χ1v) is 15.9. The summed E-state index contributed by atoms with van der Waals surface area (Å²) in [5.74, 6) is 1.65. The van der Waals surface area contributed by atoms with E-state index in [1.165, 1.54) is 6.42 Å². The van der Waals surface area contributed by atoms with Crippen molar-refractivity contribution >= 4 is 23.7 Å². The van der Waals surface area contributed by atoms with E-state index >= 15 is 0 Å². The zero-order chi connectivity index (χ0) is 30.0. The quantitative estimate of drug-likeness (QED) is 0.312. The molecule has 7 rings (SSSR count). The summed E-state index contributed by atoms with van der Waals surface area (Å²) in [6, 6.07) is 0.